The molecule has 2 rings (SSSR count). The van der Waals surface area contributed by atoms with Crippen LogP contribution < -0.4 is 0 Å². The van der Waals surface area contributed by atoms with Crippen LogP contribution in [0.2, 0.25) is 0 Å². The van der Waals surface area contributed by atoms with Crippen molar-refractivity contribution < 1.29 is 9.90 Å². The number of hydrogen-bond donors (Lipinski definition) is 1. The molecule has 0 aliphatic rings. The third-order valence-corrected chi connectivity index (χ3v) is 3.96. The van der Waals surface area contributed by atoms with Gasteiger partial charge in [-0.05, 0) is 42.7 Å². The Balaban J connectivity index is 2.31. The van der Waals surface area contributed by atoms with Gasteiger partial charge in [0, 0.05) is 19.2 Å². The Bertz CT molecular complexity index is 720. The topological polar surface area (TPSA) is 64.3 Å². The SMILES string of the molecule is Cc1cc(C#N)ccc1C(=O)N(C)C(CCO)c1ccccc1. The van der Waals surface area contributed by atoms with E-state index in [9.17, 15) is 9.90 Å². The lowest BCUT2D eigenvalue weighted by molar-refractivity contribution is 0.0704. The first kappa shape index (κ1) is 16.7. The Morgan fingerprint density at radius 3 is 2.52 bits per heavy atom. The molecule has 1 atom stereocenters. The van der Waals surface area contributed by atoms with Crippen LogP contribution in [0.5, 0.6) is 0 Å². The summed E-state index contributed by atoms with van der Waals surface area (Å²) in [5.74, 6) is -0.116. The van der Waals surface area contributed by atoms with Crippen molar-refractivity contribution in [2.45, 2.75) is 19.4 Å². The Morgan fingerprint density at radius 2 is 1.96 bits per heavy atom. The molecule has 0 bridgehead atoms. The second kappa shape index (κ2) is 7.57. The summed E-state index contributed by atoms with van der Waals surface area (Å²) in [6.45, 7) is 1.83. The van der Waals surface area contributed by atoms with Crippen molar-refractivity contribution in [1.82, 2.24) is 4.90 Å². The molecule has 1 amide bonds. The lowest BCUT2D eigenvalue weighted by Crippen LogP contribution is -2.32. The van der Waals surface area contributed by atoms with E-state index in [0.29, 0.717) is 17.5 Å². The van der Waals surface area contributed by atoms with Crippen molar-refractivity contribution >= 4 is 5.91 Å². The number of aryl methyl sites for hydroxylation is 1. The lowest BCUT2D eigenvalue weighted by atomic mass is 10.00. The molecular weight excluding hydrogens is 288 g/mol. The predicted molar refractivity (Wildman–Crippen MR) is 88.9 cm³/mol. The van der Waals surface area contributed by atoms with Crippen LogP contribution in [0.1, 0.15) is 39.5 Å². The van der Waals surface area contributed by atoms with Crippen LogP contribution >= 0.6 is 0 Å². The summed E-state index contributed by atoms with van der Waals surface area (Å²) < 4.78 is 0. The number of hydrogen-bond acceptors (Lipinski definition) is 3. The summed E-state index contributed by atoms with van der Waals surface area (Å²) in [6.07, 6.45) is 0.474. The first-order chi connectivity index (χ1) is 11.1. The minimum atomic E-state index is -0.191. The van der Waals surface area contributed by atoms with Gasteiger partial charge in [0.1, 0.15) is 0 Å². The smallest absolute Gasteiger partial charge is 0.254 e. The number of benzene rings is 2. The van der Waals surface area contributed by atoms with Gasteiger partial charge in [-0.15, -0.1) is 0 Å². The van der Waals surface area contributed by atoms with Gasteiger partial charge >= 0.3 is 0 Å². The third-order valence-electron chi connectivity index (χ3n) is 3.96. The molecule has 118 valence electrons. The Kier molecular flexibility index (Phi) is 5.51. The summed E-state index contributed by atoms with van der Waals surface area (Å²) in [5.41, 5.74) is 2.88. The minimum absolute atomic E-state index is 0.00351. The summed E-state index contributed by atoms with van der Waals surface area (Å²) in [5, 5.41) is 18.3. The Hall–Kier alpha value is -2.64. The van der Waals surface area contributed by atoms with Crippen molar-refractivity contribution in [2.75, 3.05) is 13.7 Å². The Morgan fingerprint density at radius 1 is 1.26 bits per heavy atom. The summed E-state index contributed by atoms with van der Waals surface area (Å²) in [4.78, 5) is 14.5. The van der Waals surface area contributed by atoms with Crippen LogP contribution in [-0.4, -0.2) is 29.6 Å². The van der Waals surface area contributed by atoms with Crippen LogP contribution in [-0.2, 0) is 0 Å². The van der Waals surface area contributed by atoms with Crippen LogP contribution in [0, 0.1) is 18.3 Å². The molecule has 23 heavy (non-hydrogen) atoms. The van der Waals surface area contributed by atoms with Gasteiger partial charge in [-0.25, -0.2) is 0 Å². The van der Waals surface area contributed by atoms with E-state index in [-0.39, 0.29) is 18.6 Å². The average molecular weight is 308 g/mol. The third kappa shape index (κ3) is 3.77. The highest BCUT2D eigenvalue weighted by Crippen LogP contribution is 2.25. The van der Waals surface area contributed by atoms with E-state index in [1.165, 1.54) is 0 Å². The molecule has 2 aromatic carbocycles. The molecule has 0 aliphatic carbocycles. The molecule has 4 nitrogen and oxygen atoms in total. The highest BCUT2D eigenvalue weighted by molar-refractivity contribution is 5.95. The number of amides is 1. The fourth-order valence-electron chi connectivity index (χ4n) is 2.69. The molecule has 0 fully saturated rings. The van der Waals surface area contributed by atoms with Gasteiger partial charge in [-0.2, -0.15) is 5.26 Å². The van der Waals surface area contributed by atoms with Gasteiger partial charge < -0.3 is 10.0 Å². The number of rotatable bonds is 5. The van der Waals surface area contributed by atoms with Gasteiger partial charge in [0.2, 0.25) is 0 Å². The summed E-state index contributed by atoms with van der Waals surface area (Å²) in [7, 11) is 1.74. The molecule has 0 spiro atoms. The van der Waals surface area contributed by atoms with Crippen LogP contribution in [0.15, 0.2) is 48.5 Å². The molecule has 2 aromatic rings. The monoisotopic (exact) mass is 308 g/mol. The summed E-state index contributed by atoms with van der Waals surface area (Å²) >= 11 is 0. The van der Waals surface area contributed by atoms with E-state index < -0.39 is 0 Å². The molecule has 1 unspecified atom stereocenters. The van der Waals surface area contributed by atoms with Crippen LogP contribution in [0.25, 0.3) is 0 Å². The van der Waals surface area contributed by atoms with E-state index in [1.807, 2.05) is 37.3 Å². The van der Waals surface area contributed by atoms with E-state index in [0.717, 1.165) is 11.1 Å². The Labute approximate surface area is 136 Å². The predicted octanol–water partition coefficient (Wildman–Crippen LogP) is 3.06. The van der Waals surface area contributed by atoms with Crippen molar-refractivity contribution in [2.24, 2.45) is 0 Å². The highest BCUT2D eigenvalue weighted by Gasteiger charge is 2.23. The van der Waals surface area contributed by atoms with E-state index in [4.69, 9.17) is 5.26 Å². The van der Waals surface area contributed by atoms with Crippen LogP contribution in [0.4, 0.5) is 0 Å². The molecule has 0 heterocycles. The number of aliphatic hydroxyl groups is 1. The molecule has 4 heteroatoms. The van der Waals surface area contributed by atoms with E-state index >= 15 is 0 Å². The molecule has 0 aromatic heterocycles. The fourth-order valence-corrected chi connectivity index (χ4v) is 2.69. The van der Waals surface area contributed by atoms with Crippen molar-refractivity contribution in [3.05, 3.63) is 70.8 Å². The van der Waals surface area contributed by atoms with Crippen molar-refractivity contribution in [1.29, 1.82) is 5.26 Å². The quantitative estimate of drug-likeness (QED) is 0.923. The fraction of sp³-hybridized carbons (Fsp3) is 0.263. The molecular formula is C19H20N2O2. The van der Waals surface area contributed by atoms with E-state index in [1.54, 1.807) is 30.1 Å². The average Bonchev–Trinajstić information content (AvgIpc) is 2.59. The lowest BCUT2D eigenvalue weighted by Gasteiger charge is -2.29. The molecule has 0 aliphatic heterocycles. The molecule has 1 N–H and O–H groups in total. The van der Waals surface area contributed by atoms with Gasteiger partial charge in [-0.1, -0.05) is 30.3 Å². The first-order valence-electron chi connectivity index (χ1n) is 7.52. The molecule has 0 saturated carbocycles. The minimum Gasteiger partial charge on any atom is -0.396 e. The number of nitrogens with zero attached hydrogens (tertiary/aromatic N) is 2. The van der Waals surface area contributed by atoms with Crippen molar-refractivity contribution in [3.8, 4) is 6.07 Å². The maximum atomic E-state index is 12.8. The molecule has 0 radical (unpaired) electrons. The van der Waals surface area contributed by atoms with Gasteiger partial charge in [-0.3, -0.25) is 4.79 Å². The second-order valence-corrected chi connectivity index (χ2v) is 5.50. The number of carbonyl (C=O) groups excluding carboxylic acids is 1. The zero-order chi connectivity index (χ0) is 16.8. The number of carbonyl (C=O) groups is 1. The maximum Gasteiger partial charge on any atom is 0.254 e. The van der Waals surface area contributed by atoms with Crippen LogP contribution in [0.3, 0.4) is 0 Å². The van der Waals surface area contributed by atoms with E-state index in [2.05, 4.69) is 6.07 Å². The van der Waals surface area contributed by atoms with Gasteiger partial charge in [0.25, 0.3) is 5.91 Å². The standard InChI is InChI=1S/C19H20N2O2/c1-14-12-15(13-20)8-9-17(14)19(23)21(2)18(10-11-22)16-6-4-3-5-7-16/h3-9,12,18,22H,10-11H2,1-2H3. The molecule has 0 saturated heterocycles. The summed E-state index contributed by atoms with van der Waals surface area (Å²) in [6, 6.07) is 16.6. The number of nitriles is 1. The van der Waals surface area contributed by atoms with Crippen molar-refractivity contribution in [3.63, 3.8) is 0 Å². The zero-order valence-corrected chi connectivity index (χ0v) is 13.4. The zero-order valence-electron chi connectivity index (χ0n) is 13.4. The second-order valence-electron chi connectivity index (χ2n) is 5.50. The number of aliphatic hydroxyl groups excluding tert-OH is 1. The highest BCUT2D eigenvalue weighted by atomic mass is 16.3. The maximum absolute atomic E-state index is 12.8. The normalized spacial score (nSPS) is 11.6. The van der Waals surface area contributed by atoms with Gasteiger partial charge in [0.15, 0.2) is 0 Å². The van der Waals surface area contributed by atoms with Gasteiger partial charge in [0.05, 0.1) is 17.7 Å². The first-order valence-corrected chi connectivity index (χ1v) is 7.52. The largest absolute Gasteiger partial charge is 0.396 e.